The van der Waals surface area contributed by atoms with Gasteiger partial charge in [-0.1, -0.05) is 0 Å². The molecule has 1 N–H and O–H groups in total. The molecule has 2 aliphatic heterocycles. The van der Waals surface area contributed by atoms with Gasteiger partial charge in [-0.3, -0.25) is 9.36 Å². The highest BCUT2D eigenvalue weighted by Crippen LogP contribution is 2.21. The van der Waals surface area contributed by atoms with Gasteiger partial charge in [0.2, 0.25) is 0 Å². The maximum absolute atomic E-state index is 11.9. The minimum Gasteiger partial charge on any atom is -0.309 e. The SMILES string of the molecule is O=c1cc(C2CCCN2)nc2n1CCCC2. The second kappa shape index (κ2) is 4.01. The van der Waals surface area contributed by atoms with E-state index in [2.05, 4.69) is 10.3 Å². The van der Waals surface area contributed by atoms with E-state index in [1.807, 2.05) is 4.57 Å². The van der Waals surface area contributed by atoms with Crippen molar-refractivity contribution in [3.05, 3.63) is 27.9 Å². The van der Waals surface area contributed by atoms with E-state index < -0.39 is 0 Å². The van der Waals surface area contributed by atoms with Crippen LogP contribution in [0, 0.1) is 0 Å². The van der Waals surface area contributed by atoms with Crippen LogP contribution in [0.15, 0.2) is 10.9 Å². The normalized spacial score (nSPS) is 24.4. The maximum Gasteiger partial charge on any atom is 0.253 e. The molecule has 3 heterocycles. The lowest BCUT2D eigenvalue weighted by atomic mass is 10.1. The highest BCUT2D eigenvalue weighted by Gasteiger charge is 2.20. The summed E-state index contributed by atoms with van der Waals surface area (Å²) < 4.78 is 1.84. The third-order valence-electron chi connectivity index (χ3n) is 3.56. The summed E-state index contributed by atoms with van der Waals surface area (Å²) in [6.45, 7) is 1.89. The average molecular weight is 219 g/mol. The van der Waals surface area contributed by atoms with Gasteiger partial charge >= 0.3 is 0 Å². The van der Waals surface area contributed by atoms with Gasteiger partial charge in [0, 0.05) is 25.1 Å². The van der Waals surface area contributed by atoms with Gasteiger partial charge in [-0.2, -0.15) is 0 Å². The first-order chi connectivity index (χ1) is 7.84. The van der Waals surface area contributed by atoms with Gasteiger partial charge in [0.25, 0.3) is 5.56 Å². The highest BCUT2D eigenvalue weighted by atomic mass is 16.1. The smallest absolute Gasteiger partial charge is 0.253 e. The zero-order valence-corrected chi connectivity index (χ0v) is 9.41. The first kappa shape index (κ1) is 10.0. The predicted octanol–water partition coefficient (Wildman–Crippen LogP) is 1.00. The molecular weight excluding hydrogens is 202 g/mol. The number of fused-ring (bicyclic) bond motifs is 1. The molecule has 1 aromatic heterocycles. The van der Waals surface area contributed by atoms with Crippen LogP contribution >= 0.6 is 0 Å². The molecule has 86 valence electrons. The van der Waals surface area contributed by atoms with E-state index in [1.54, 1.807) is 6.07 Å². The van der Waals surface area contributed by atoms with Crippen molar-refractivity contribution in [1.82, 2.24) is 14.9 Å². The Bertz CT molecular complexity index is 446. The van der Waals surface area contributed by atoms with Crippen LogP contribution in [0.5, 0.6) is 0 Å². The molecule has 0 bridgehead atoms. The molecule has 4 heteroatoms. The molecule has 1 unspecified atom stereocenters. The maximum atomic E-state index is 11.9. The van der Waals surface area contributed by atoms with Crippen LogP contribution in [0.2, 0.25) is 0 Å². The summed E-state index contributed by atoms with van der Waals surface area (Å²) >= 11 is 0. The van der Waals surface area contributed by atoms with Crippen molar-refractivity contribution < 1.29 is 0 Å². The second-order valence-electron chi connectivity index (χ2n) is 4.69. The number of aryl methyl sites for hydroxylation is 1. The van der Waals surface area contributed by atoms with Gasteiger partial charge in [0.1, 0.15) is 5.82 Å². The van der Waals surface area contributed by atoms with Crippen LogP contribution in [0.1, 0.15) is 43.2 Å². The molecule has 0 aliphatic carbocycles. The Balaban J connectivity index is 2.01. The van der Waals surface area contributed by atoms with Gasteiger partial charge in [0.05, 0.1) is 5.69 Å². The van der Waals surface area contributed by atoms with Crippen molar-refractivity contribution in [1.29, 1.82) is 0 Å². The minimum atomic E-state index is 0.133. The Morgan fingerprint density at radius 1 is 1.38 bits per heavy atom. The minimum absolute atomic E-state index is 0.133. The van der Waals surface area contributed by atoms with E-state index in [0.29, 0.717) is 6.04 Å². The van der Waals surface area contributed by atoms with E-state index in [4.69, 9.17) is 0 Å². The first-order valence-corrected chi connectivity index (χ1v) is 6.18. The summed E-state index contributed by atoms with van der Waals surface area (Å²) in [6.07, 6.45) is 5.51. The lowest BCUT2D eigenvalue weighted by molar-refractivity contribution is 0.485. The summed E-state index contributed by atoms with van der Waals surface area (Å²) in [6, 6.07) is 2.03. The highest BCUT2D eigenvalue weighted by molar-refractivity contribution is 5.11. The second-order valence-corrected chi connectivity index (χ2v) is 4.69. The van der Waals surface area contributed by atoms with E-state index in [-0.39, 0.29) is 5.56 Å². The van der Waals surface area contributed by atoms with Crippen molar-refractivity contribution in [3.63, 3.8) is 0 Å². The van der Waals surface area contributed by atoms with Crippen LogP contribution in [-0.4, -0.2) is 16.1 Å². The molecule has 1 aromatic rings. The summed E-state index contributed by atoms with van der Waals surface area (Å²) in [4.78, 5) is 16.6. The lowest BCUT2D eigenvalue weighted by Gasteiger charge is -2.19. The molecule has 16 heavy (non-hydrogen) atoms. The fourth-order valence-electron chi connectivity index (χ4n) is 2.67. The monoisotopic (exact) mass is 219 g/mol. The number of rotatable bonds is 1. The lowest BCUT2D eigenvalue weighted by Crippen LogP contribution is -2.30. The van der Waals surface area contributed by atoms with Crippen LogP contribution in [0.25, 0.3) is 0 Å². The Kier molecular flexibility index (Phi) is 2.52. The Morgan fingerprint density at radius 2 is 2.31 bits per heavy atom. The Morgan fingerprint density at radius 3 is 3.12 bits per heavy atom. The molecule has 1 fully saturated rings. The van der Waals surface area contributed by atoms with Gasteiger partial charge in [0.15, 0.2) is 0 Å². The van der Waals surface area contributed by atoms with Crippen LogP contribution < -0.4 is 10.9 Å². The quantitative estimate of drug-likeness (QED) is 0.766. The van der Waals surface area contributed by atoms with Crippen LogP contribution in [0.3, 0.4) is 0 Å². The summed E-state index contributed by atoms with van der Waals surface area (Å²) in [5.41, 5.74) is 1.09. The predicted molar refractivity (Wildman–Crippen MR) is 61.4 cm³/mol. The molecular formula is C12H17N3O. The van der Waals surface area contributed by atoms with Crippen LogP contribution in [-0.2, 0) is 13.0 Å². The molecule has 0 spiro atoms. The number of hydrogen-bond donors (Lipinski definition) is 1. The van der Waals surface area contributed by atoms with E-state index in [9.17, 15) is 4.79 Å². The van der Waals surface area contributed by atoms with Crippen molar-refractivity contribution >= 4 is 0 Å². The molecule has 2 aliphatic rings. The topological polar surface area (TPSA) is 46.9 Å². The Hall–Kier alpha value is -1.16. The van der Waals surface area contributed by atoms with E-state index >= 15 is 0 Å². The third kappa shape index (κ3) is 1.67. The first-order valence-electron chi connectivity index (χ1n) is 6.18. The van der Waals surface area contributed by atoms with E-state index in [0.717, 1.165) is 50.3 Å². The van der Waals surface area contributed by atoms with Gasteiger partial charge in [-0.05, 0) is 32.2 Å². The summed E-state index contributed by atoms with van der Waals surface area (Å²) in [5.74, 6) is 0.988. The zero-order valence-electron chi connectivity index (χ0n) is 9.41. The van der Waals surface area contributed by atoms with Crippen molar-refractivity contribution in [2.75, 3.05) is 6.54 Å². The van der Waals surface area contributed by atoms with E-state index in [1.165, 1.54) is 6.42 Å². The van der Waals surface area contributed by atoms with Crippen molar-refractivity contribution in [2.24, 2.45) is 0 Å². The molecule has 0 aromatic carbocycles. The summed E-state index contributed by atoms with van der Waals surface area (Å²) in [5, 5.41) is 3.40. The fraction of sp³-hybridized carbons (Fsp3) is 0.667. The molecule has 3 rings (SSSR count). The standard InChI is InChI=1S/C12H17N3O/c16-12-8-10(9-4-3-6-13-9)14-11-5-1-2-7-15(11)12/h8-9,13H,1-7H2. The number of nitrogens with one attached hydrogen (secondary N) is 1. The zero-order chi connectivity index (χ0) is 11.0. The largest absolute Gasteiger partial charge is 0.309 e. The van der Waals surface area contributed by atoms with Crippen molar-refractivity contribution in [2.45, 2.75) is 44.7 Å². The molecule has 0 amide bonds. The molecule has 1 saturated heterocycles. The molecule has 0 radical (unpaired) electrons. The van der Waals surface area contributed by atoms with Gasteiger partial charge < -0.3 is 5.32 Å². The molecule has 0 saturated carbocycles. The number of nitrogens with zero attached hydrogens (tertiary/aromatic N) is 2. The fourth-order valence-corrected chi connectivity index (χ4v) is 2.67. The molecule has 1 atom stereocenters. The van der Waals surface area contributed by atoms with Gasteiger partial charge in [-0.15, -0.1) is 0 Å². The summed E-state index contributed by atoms with van der Waals surface area (Å²) in [7, 11) is 0. The molecule has 4 nitrogen and oxygen atoms in total. The Labute approximate surface area is 94.7 Å². The van der Waals surface area contributed by atoms with Crippen molar-refractivity contribution in [3.8, 4) is 0 Å². The third-order valence-corrected chi connectivity index (χ3v) is 3.56. The number of aromatic nitrogens is 2. The average Bonchev–Trinajstić information content (AvgIpc) is 2.82. The number of hydrogen-bond acceptors (Lipinski definition) is 3. The van der Waals surface area contributed by atoms with Crippen LogP contribution in [0.4, 0.5) is 0 Å². The van der Waals surface area contributed by atoms with Gasteiger partial charge in [-0.25, -0.2) is 4.98 Å².